The van der Waals surface area contributed by atoms with Gasteiger partial charge in [-0.15, -0.1) is 0 Å². The molecule has 0 amide bonds. The monoisotopic (exact) mass is 616 g/mol. The Morgan fingerprint density at radius 1 is 0.600 bits per heavy atom. The molecule has 0 aliphatic rings. The van der Waals surface area contributed by atoms with Crippen molar-refractivity contribution in [2.45, 2.75) is 0 Å². The SMILES string of the molecule is [Cs+].[Cs+].[Cs+].[p-]1p2[p-]p3p1p3[p-]2. The van der Waals surface area contributed by atoms with E-state index in [1.54, 1.807) is 0 Å². The molecular weight excluding hydrogens is 616 g/mol. The molecule has 0 unspecified atom stereocenters. The van der Waals surface area contributed by atoms with Gasteiger partial charge in [-0.3, -0.25) is 0 Å². The summed E-state index contributed by atoms with van der Waals surface area (Å²) < 4.78 is 0. The van der Waals surface area contributed by atoms with E-state index in [0.717, 1.165) is 19.1 Å². The van der Waals surface area contributed by atoms with Gasteiger partial charge in [-0.05, 0) is 0 Å². The summed E-state index contributed by atoms with van der Waals surface area (Å²) in [6.07, 6.45) is 3.13. The van der Waals surface area contributed by atoms with Crippen LogP contribution in [0.4, 0.5) is 0 Å². The van der Waals surface area contributed by atoms with Crippen LogP contribution in [0.25, 0.3) is 0 Å². The summed E-state index contributed by atoms with van der Waals surface area (Å²) in [6.45, 7) is 0. The maximum Gasteiger partial charge on any atom is 1.00 e. The molecule has 4 heterocycles. The standard InChI is InChI=1S/3Cs.P7/c;;;1-4-2-6-5(1)7(6)3-4/q3*+1;-3. The Morgan fingerprint density at radius 3 is 1.00 bits per heavy atom. The molecule has 10 heteroatoms. The van der Waals surface area contributed by atoms with Crippen LogP contribution in [0.2, 0.25) is 0 Å². The van der Waals surface area contributed by atoms with Crippen molar-refractivity contribution in [3.8, 4) is 0 Å². The van der Waals surface area contributed by atoms with E-state index in [4.69, 9.17) is 0 Å². The fraction of sp³-hybridized carbons (Fsp3) is 0. The molecule has 4 bridgehead atoms. The van der Waals surface area contributed by atoms with Gasteiger partial charge >= 0.3 is 207 Å². The van der Waals surface area contributed by atoms with Gasteiger partial charge in [-0.2, -0.15) is 0 Å². The second-order valence-electron chi connectivity index (χ2n) is 1.34. The molecule has 4 aromatic heterocycles. The third kappa shape index (κ3) is 4.13. The van der Waals surface area contributed by atoms with Crippen molar-refractivity contribution < 1.29 is 207 Å². The van der Waals surface area contributed by atoms with Crippen LogP contribution < -0.4 is 207 Å². The molecule has 0 aliphatic heterocycles. The van der Waals surface area contributed by atoms with Gasteiger partial charge < -0.3 is 48.1 Å². The fourth-order valence-corrected chi connectivity index (χ4v) is 143. The summed E-state index contributed by atoms with van der Waals surface area (Å²) in [7, 11) is 6.00. The summed E-state index contributed by atoms with van der Waals surface area (Å²) >= 11 is 0. The summed E-state index contributed by atoms with van der Waals surface area (Å²) in [4.78, 5) is 0. The second-order valence-corrected chi connectivity index (χ2v) is 36.2. The minimum absolute atomic E-state index is 0. The van der Waals surface area contributed by atoms with Gasteiger partial charge in [-0.1, -0.05) is 0 Å². The molecule has 0 saturated heterocycles. The van der Waals surface area contributed by atoms with Gasteiger partial charge in [0, 0.05) is 0 Å². The number of hydrogen-bond donors (Lipinski definition) is 0. The average Bonchev–Trinajstić information content (AvgIpc) is 2.10. The summed E-state index contributed by atoms with van der Waals surface area (Å²) in [5, 5.41) is 0. The molecule has 0 saturated carbocycles. The van der Waals surface area contributed by atoms with E-state index in [1.165, 1.54) is 0 Å². The topological polar surface area (TPSA) is 0 Å². The van der Waals surface area contributed by atoms with Crippen LogP contribution in [0.15, 0.2) is 0 Å². The zero-order chi connectivity index (χ0) is 4.43. The van der Waals surface area contributed by atoms with E-state index in [2.05, 4.69) is 0 Å². The Kier molecular flexibility index (Phi) is 15.4. The van der Waals surface area contributed by atoms with E-state index in [-0.39, 0.29) is 207 Å². The van der Waals surface area contributed by atoms with E-state index >= 15 is 0 Å². The zero-order valence-corrected chi connectivity index (χ0v) is 31.2. The molecule has 10 heavy (non-hydrogen) atoms. The van der Waals surface area contributed by atoms with Crippen molar-refractivity contribution in [3.05, 3.63) is 0 Å². The predicted octanol–water partition coefficient (Wildman–Crippen LogP) is -2.96. The number of rotatable bonds is 0. The van der Waals surface area contributed by atoms with Crippen LogP contribution >= 0.6 is 48.1 Å². The van der Waals surface area contributed by atoms with Crippen molar-refractivity contribution in [2.75, 3.05) is 0 Å². The van der Waals surface area contributed by atoms with Crippen molar-refractivity contribution >= 4 is 48.1 Å². The van der Waals surface area contributed by atoms with Crippen LogP contribution in [-0.4, -0.2) is 0 Å². The quantitative estimate of drug-likeness (QED) is 0.254. The summed E-state index contributed by atoms with van der Waals surface area (Å²) in [5.74, 6) is 0. The number of hydrogen-bond acceptors (Lipinski definition) is 0. The van der Waals surface area contributed by atoms with Crippen LogP contribution in [0, 0.1) is 0 Å². The van der Waals surface area contributed by atoms with E-state index in [9.17, 15) is 0 Å². The Morgan fingerprint density at radius 2 is 0.900 bits per heavy atom. The smallest absolute Gasteiger partial charge is 0.457 e. The molecule has 38 valence electrons. The van der Waals surface area contributed by atoms with Crippen molar-refractivity contribution in [2.24, 2.45) is 0 Å². The first-order valence-electron chi connectivity index (χ1n) is 1.80. The Balaban J connectivity index is 0.000000270. The first-order valence-corrected chi connectivity index (χ1v) is 16.2. The van der Waals surface area contributed by atoms with Crippen LogP contribution in [0.5, 0.6) is 0 Å². The first-order chi connectivity index (χ1) is 3.45. The maximum absolute atomic E-state index is 2.00. The molecule has 0 N–H and O–H groups in total. The summed E-state index contributed by atoms with van der Waals surface area (Å²) in [6, 6.07) is 0. The van der Waals surface area contributed by atoms with Gasteiger partial charge in [-0.25, -0.2) is 0 Å². The van der Waals surface area contributed by atoms with Gasteiger partial charge in [0.05, 0.1) is 0 Å². The van der Waals surface area contributed by atoms with Crippen molar-refractivity contribution in [1.29, 1.82) is 0 Å². The molecule has 0 radical (unpaired) electrons. The molecule has 0 spiro atoms. The first kappa shape index (κ1) is 18.3. The molecule has 0 aromatic carbocycles. The van der Waals surface area contributed by atoms with Crippen LogP contribution in [0.1, 0.15) is 0 Å². The predicted molar refractivity (Wildman–Crippen MR) is 48.4 cm³/mol. The Labute approximate surface area is 244 Å². The van der Waals surface area contributed by atoms with Crippen LogP contribution in [0.3, 0.4) is 0 Å². The second kappa shape index (κ2) is 8.43. The normalized spacial score (nSPS) is 19.2. The zero-order valence-electron chi connectivity index (χ0n) is 6.13. The largest absolute Gasteiger partial charge is 1.00 e. The molecule has 4 aromatic rings. The molecule has 0 nitrogen and oxygen atoms in total. The van der Waals surface area contributed by atoms with Crippen molar-refractivity contribution in [1.82, 2.24) is 0 Å². The van der Waals surface area contributed by atoms with Gasteiger partial charge in [0.2, 0.25) is 0 Å². The molecular formula is Cs3P7. The van der Waals surface area contributed by atoms with E-state index in [0.29, 0.717) is 6.37 Å². The Hall–Kier alpha value is 8.26. The molecule has 0 atom stereocenters. The summed E-state index contributed by atoms with van der Waals surface area (Å²) in [5.41, 5.74) is 0. The molecule has 0 aliphatic carbocycles. The molecule has 0 fully saturated rings. The van der Waals surface area contributed by atoms with Crippen molar-refractivity contribution in [3.63, 3.8) is 0 Å². The van der Waals surface area contributed by atoms with E-state index < -0.39 is 0 Å². The Bertz CT molecular complexity index is 287. The van der Waals surface area contributed by atoms with Gasteiger partial charge in [0.15, 0.2) is 0 Å². The maximum atomic E-state index is 2.00. The third-order valence-corrected chi connectivity index (χ3v) is 70.5. The molecule has 4 rings (SSSR count). The minimum atomic E-state index is 0. The van der Waals surface area contributed by atoms with E-state index in [1.807, 2.05) is 22.6 Å². The van der Waals surface area contributed by atoms with Gasteiger partial charge in [0.1, 0.15) is 0 Å². The fourth-order valence-electron chi connectivity index (χ4n) is 0.590. The minimum Gasteiger partial charge on any atom is -0.457 e. The average molecular weight is 616 g/mol. The third-order valence-electron chi connectivity index (χ3n) is 0.929. The van der Waals surface area contributed by atoms with Crippen LogP contribution in [-0.2, 0) is 0 Å². The van der Waals surface area contributed by atoms with Gasteiger partial charge in [0.25, 0.3) is 0 Å².